The van der Waals surface area contributed by atoms with Gasteiger partial charge in [-0.05, 0) is 30.7 Å². The maximum Gasteiger partial charge on any atom is 0.318 e. The Kier molecular flexibility index (Phi) is 4.96. The van der Waals surface area contributed by atoms with Crippen LogP contribution in [-0.2, 0) is 13.0 Å². The zero-order valence-corrected chi connectivity index (χ0v) is 14.2. The fraction of sp³-hybridized carbons (Fsp3) is 0.353. The van der Waals surface area contributed by atoms with Crippen molar-refractivity contribution in [2.24, 2.45) is 0 Å². The minimum atomic E-state index is -0.0945. The highest BCUT2D eigenvalue weighted by Gasteiger charge is 2.32. The molecule has 1 aliphatic heterocycles. The van der Waals surface area contributed by atoms with Crippen LogP contribution in [0, 0.1) is 11.3 Å². The molecule has 2 heterocycles. The molecule has 2 aromatic rings. The SMILES string of the molecule is CCc1cnc(CNC(=O)N2CC(Oc3ccc(C#N)cc3)C2)s1. The molecule has 0 radical (unpaired) electrons. The third-order valence-electron chi connectivity index (χ3n) is 3.76. The van der Waals surface area contributed by atoms with E-state index in [2.05, 4.69) is 23.3 Å². The van der Waals surface area contributed by atoms with Crippen LogP contribution in [0.15, 0.2) is 30.5 Å². The summed E-state index contributed by atoms with van der Waals surface area (Å²) in [4.78, 5) is 19.3. The van der Waals surface area contributed by atoms with Crippen LogP contribution in [0.2, 0.25) is 0 Å². The third kappa shape index (κ3) is 3.84. The number of rotatable bonds is 5. The number of urea groups is 1. The Labute approximate surface area is 144 Å². The number of aryl methyl sites for hydroxylation is 1. The average molecular weight is 342 g/mol. The summed E-state index contributed by atoms with van der Waals surface area (Å²) < 4.78 is 5.77. The maximum absolute atomic E-state index is 12.1. The number of hydrogen-bond donors (Lipinski definition) is 1. The lowest BCUT2D eigenvalue weighted by Gasteiger charge is -2.38. The van der Waals surface area contributed by atoms with Crippen molar-refractivity contribution in [3.05, 3.63) is 45.9 Å². The van der Waals surface area contributed by atoms with Crippen LogP contribution in [0.1, 0.15) is 22.4 Å². The molecule has 1 aliphatic rings. The number of hydrogen-bond acceptors (Lipinski definition) is 5. The molecule has 6 nitrogen and oxygen atoms in total. The van der Waals surface area contributed by atoms with E-state index in [-0.39, 0.29) is 12.1 Å². The molecule has 2 amide bonds. The Morgan fingerprint density at radius 2 is 2.21 bits per heavy atom. The number of carbonyl (C=O) groups excluding carboxylic acids is 1. The van der Waals surface area contributed by atoms with Gasteiger partial charge in [0, 0.05) is 11.1 Å². The van der Waals surface area contributed by atoms with Crippen molar-refractivity contribution < 1.29 is 9.53 Å². The average Bonchev–Trinajstić information content (AvgIpc) is 3.04. The van der Waals surface area contributed by atoms with Gasteiger partial charge in [-0.15, -0.1) is 11.3 Å². The first-order valence-corrected chi connectivity index (χ1v) is 8.62. The number of nitriles is 1. The third-order valence-corrected chi connectivity index (χ3v) is 4.90. The molecule has 1 aromatic heterocycles. The monoisotopic (exact) mass is 342 g/mol. The Balaban J connectivity index is 1.40. The molecule has 1 N–H and O–H groups in total. The number of ether oxygens (including phenoxy) is 1. The summed E-state index contributed by atoms with van der Waals surface area (Å²) in [6, 6.07) is 8.96. The number of nitrogens with one attached hydrogen (secondary N) is 1. The van der Waals surface area contributed by atoms with Gasteiger partial charge in [0.25, 0.3) is 0 Å². The van der Waals surface area contributed by atoms with Gasteiger partial charge in [-0.2, -0.15) is 5.26 Å². The van der Waals surface area contributed by atoms with Crippen LogP contribution in [0.4, 0.5) is 4.79 Å². The van der Waals surface area contributed by atoms with Gasteiger partial charge in [-0.1, -0.05) is 6.92 Å². The summed E-state index contributed by atoms with van der Waals surface area (Å²) >= 11 is 1.63. The van der Waals surface area contributed by atoms with E-state index in [1.807, 2.05) is 6.20 Å². The number of carbonyl (C=O) groups is 1. The normalized spacial score (nSPS) is 13.9. The van der Waals surface area contributed by atoms with Gasteiger partial charge >= 0.3 is 6.03 Å². The van der Waals surface area contributed by atoms with E-state index in [1.54, 1.807) is 40.5 Å². The van der Waals surface area contributed by atoms with Gasteiger partial charge in [0.15, 0.2) is 0 Å². The van der Waals surface area contributed by atoms with Gasteiger partial charge in [0.2, 0.25) is 0 Å². The zero-order chi connectivity index (χ0) is 16.9. The highest BCUT2D eigenvalue weighted by atomic mass is 32.1. The van der Waals surface area contributed by atoms with Crippen LogP contribution >= 0.6 is 11.3 Å². The number of amides is 2. The molecule has 24 heavy (non-hydrogen) atoms. The molecule has 0 spiro atoms. The van der Waals surface area contributed by atoms with Crippen molar-refractivity contribution in [2.75, 3.05) is 13.1 Å². The topological polar surface area (TPSA) is 78.2 Å². The van der Waals surface area contributed by atoms with E-state index in [1.165, 1.54) is 4.88 Å². The minimum Gasteiger partial charge on any atom is -0.487 e. The summed E-state index contributed by atoms with van der Waals surface area (Å²) in [5.41, 5.74) is 0.602. The molecular formula is C17H18N4O2S. The van der Waals surface area contributed by atoms with Gasteiger partial charge in [0.1, 0.15) is 16.9 Å². The molecule has 0 bridgehead atoms. The van der Waals surface area contributed by atoms with Crippen molar-refractivity contribution >= 4 is 17.4 Å². The van der Waals surface area contributed by atoms with E-state index >= 15 is 0 Å². The van der Waals surface area contributed by atoms with Gasteiger partial charge in [-0.25, -0.2) is 9.78 Å². The molecule has 0 unspecified atom stereocenters. The maximum atomic E-state index is 12.1. The Hall–Kier alpha value is -2.59. The van der Waals surface area contributed by atoms with E-state index < -0.39 is 0 Å². The second-order valence-electron chi connectivity index (χ2n) is 5.51. The molecule has 0 atom stereocenters. The molecule has 1 aromatic carbocycles. The summed E-state index contributed by atoms with van der Waals surface area (Å²) in [7, 11) is 0. The van der Waals surface area contributed by atoms with Crippen molar-refractivity contribution in [2.45, 2.75) is 26.0 Å². The standard InChI is InChI=1S/C17H18N4O2S/c1-2-15-8-19-16(24-15)9-20-17(22)21-10-14(11-21)23-13-5-3-12(7-18)4-6-13/h3-6,8,14H,2,9-11H2,1H3,(H,20,22). The van der Waals surface area contributed by atoms with Crippen LogP contribution in [-0.4, -0.2) is 35.1 Å². The van der Waals surface area contributed by atoms with Gasteiger partial charge in [0.05, 0.1) is 31.3 Å². The Morgan fingerprint density at radius 3 is 2.83 bits per heavy atom. The minimum absolute atomic E-state index is 0.00441. The first kappa shape index (κ1) is 16.3. The molecule has 1 saturated heterocycles. The number of benzene rings is 1. The van der Waals surface area contributed by atoms with E-state index in [0.717, 1.165) is 11.4 Å². The summed E-state index contributed by atoms with van der Waals surface area (Å²) in [6.45, 7) is 3.67. The Morgan fingerprint density at radius 1 is 1.46 bits per heavy atom. The summed E-state index contributed by atoms with van der Waals surface area (Å²) in [5.74, 6) is 0.717. The van der Waals surface area contributed by atoms with Crippen LogP contribution in [0.25, 0.3) is 0 Å². The van der Waals surface area contributed by atoms with Crippen molar-refractivity contribution in [1.82, 2.24) is 15.2 Å². The molecule has 3 rings (SSSR count). The fourth-order valence-corrected chi connectivity index (χ4v) is 3.14. The predicted octanol–water partition coefficient (Wildman–Crippen LogP) is 2.55. The highest BCUT2D eigenvalue weighted by Crippen LogP contribution is 2.19. The molecule has 1 fully saturated rings. The van der Waals surface area contributed by atoms with Crippen LogP contribution in [0.5, 0.6) is 5.75 Å². The highest BCUT2D eigenvalue weighted by molar-refractivity contribution is 7.11. The molecular weight excluding hydrogens is 324 g/mol. The van der Waals surface area contributed by atoms with Gasteiger partial charge < -0.3 is 15.0 Å². The Bertz CT molecular complexity index is 745. The number of nitrogens with zero attached hydrogens (tertiary/aromatic N) is 3. The van der Waals surface area contributed by atoms with Crippen molar-refractivity contribution in [3.63, 3.8) is 0 Å². The van der Waals surface area contributed by atoms with Crippen LogP contribution < -0.4 is 10.1 Å². The lowest BCUT2D eigenvalue weighted by atomic mass is 10.1. The molecule has 124 valence electrons. The van der Waals surface area contributed by atoms with Gasteiger partial charge in [-0.3, -0.25) is 0 Å². The first-order chi connectivity index (χ1) is 11.7. The van der Waals surface area contributed by atoms with E-state index in [0.29, 0.717) is 30.9 Å². The lowest BCUT2D eigenvalue weighted by Crippen LogP contribution is -2.58. The second-order valence-corrected chi connectivity index (χ2v) is 6.71. The number of aromatic nitrogens is 1. The smallest absolute Gasteiger partial charge is 0.318 e. The van der Waals surface area contributed by atoms with Crippen molar-refractivity contribution in [3.8, 4) is 11.8 Å². The number of thiazole rings is 1. The second kappa shape index (κ2) is 7.32. The molecule has 7 heteroatoms. The number of likely N-dealkylation sites (tertiary alicyclic amines) is 1. The fourth-order valence-electron chi connectivity index (χ4n) is 2.34. The summed E-state index contributed by atoms with van der Waals surface area (Å²) in [5, 5.41) is 12.6. The molecule has 0 saturated carbocycles. The zero-order valence-electron chi connectivity index (χ0n) is 13.4. The van der Waals surface area contributed by atoms with Crippen LogP contribution in [0.3, 0.4) is 0 Å². The lowest BCUT2D eigenvalue weighted by molar-refractivity contribution is 0.0443. The summed E-state index contributed by atoms with van der Waals surface area (Å²) in [6.07, 6.45) is 2.82. The quantitative estimate of drug-likeness (QED) is 0.906. The van der Waals surface area contributed by atoms with Crippen molar-refractivity contribution in [1.29, 1.82) is 5.26 Å². The first-order valence-electron chi connectivity index (χ1n) is 7.81. The van der Waals surface area contributed by atoms with E-state index in [4.69, 9.17) is 10.00 Å². The largest absolute Gasteiger partial charge is 0.487 e. The molecule has 0 aliphatic carbocycles. The van der Waals surface area contributed by atoms with E-state index in [9.17, 15) is 4.79 Å². The predicted molar refractivity (Wildman–Crippen MR) is 90.9 cm³/mol.